The second kappa shape index (κ2) is 15.0. The van der Waals surface area contributed by atoms with Crippen LogP contribution in [0.2, 0.25) is 0 Å². The van der Waals surface area contributed by atoms with Crippen molar-refractivity contribution in [3.63, 3.8) is 0 Å². The molecule has 4 aromatic carbocycles. The summed E-state index contributed by atoms with van der Waals surface area (Å²) in [6, 6.07) is 46.8. The predicted molar refractivity (Wildman–Crippen MR) is 251 cm³/mol. The smallest absolute Gasteiger partial charge is 0.164 e. The van der Waals surface area contributed by atoms with Crippen LogP contribution >= 0.6 is 11.8 Å². The van der Waals surface area contributed by atoms with Crippen LogP contribution < -0.4 is 0 Å². The quantitative estimate of drug-likeness (QED) is 0.165. The first-order valence-corrected chi connectivity index (χ1v) is 22.0. The van der Waals surface area contributed by atoms with Crippen LogP contribution in [0, 0.1) is 5.92 Å². The number of thioether (sulfide) groups is 1. The van der Waals surface area contributed by atoms with Crippen LogP contribution in [-0.4, -0.2) is 35.2 Å². The molecule has 4 aromatic heterocycles. The zero-order chi connectivity index (χ0) is 41.0. The molecule has 1 saturated heterocycles. The Labute approximate surface area is 364 Å². The van der Waals surface area contributed by atoms with Crippen molar-refractivity contribution in [1.82, 2.24) is 29.9 Å². The molecule has 0 N–H and O–H groups in total. The van der Waals surface area contributed by atoms with Crippen LogP contribution in [0.4, 0.5) is 0 Å². The van der Waals surface area contributed by atoms with Gasteiger partial charge in [0.2, 0.25) is 0 Å². The van der Waals surface area contributed by atoms with Gasteiger partial charge in [0.1, 0.15) is 0 Å². The van der Waals surface area contributed by atoms with Gasteiger partial charge in [0.05, 0.1) is 16.8 Å². The van der Waals surface area contributed by atoms with Gasteiger partial charge >= 0.3 is 0 Å². The van der Waals surface area contributed by atoms with Crippen LogP contribution in [0.5, 0.6) is 0 Å². The summed E-state index contributed by atoms with van der Waals surface area (Å²) in [5, 5.41) is 0.298. The van der Waals surface area contributed by atoms with Crippen molar-refractivity contribution >= 4 is 11.8 Å². The highest BCUT2D eigenvalue weighted by atomic mass is 32.2. The van der Waals surface area contributed by atoms with Gasteiger partial charge in [0.25, 0.3) is 0 Å². The topological polar surface area (TPSA) is 77.3 Å². The summed E-state index contributed by atoms with van der Waals surface area (Å²) in [6.45, 7) is 0. The molecule has 3 unspecified atom stereocenters. The Bertz CT molecular complexity index is 3100. The Morgan fingerprint density at radius 1 is 0.484 bits per heavy atom. The van der Waals surface area contributed by atoms with Gasteiger partial charge in [-0.05, 0) is 88.7 Å². The normalized spacial score (nSPS) is 19.2. The van der Waals surface area contributed by atoms with E-state index in [2.05, 4.69) is 131 Å². The lowest BCUT2D eigenvalue weighted by Crippen LogP contribution is -2.45. The highest BCUT2D eigenvalue weighted by Crippen LogP contribution is 2.66. The summed E-state index contributed by atoms with van der Waals surface area (Å²) >= 11 is 2.02. The fraction of sp³-hybridized carbons (Fsp3) is 0.0909. The molecular formula is C55H38N6S. The summed E-state index contributed by atoms with van der Waals surface area (Å²) in [7, 11) is 0. The molecule has 62 heavy (non-hydrogen) atoms. The largest absolute Gasteiger partial charge is 0.264 e. The van der Waals surface area contributed by atoms with E-state index in [1.54, 1.807) is 6.20 Å². The van der Waals surface area contributed by atoms with Gasteiger partial charge in [-0.3, -0.25) is 9.97 Å². The second-order valence-electron chi connectivity index (χ2n) is 16.1. The summed E-state index contributed by atoms with van der Waals surface area (Å²) in [5.74, 6) is 2.15. The monoisotopic (exact) mass is 814 g/mol. The fourth-order valence-corrected chi connectivity index (χ4v) is 11.4. The average Bonchev–Trinajstić information content (AvgIpc) is 3.64. The zero-order valence-electron chi connectivity index (χ0n) is 33.6. The highest BCUT2D eigenvalue weighted by molar-refractivity contribution is 8.04. The number of rotatable bonds is 6. The molecule has 1 fully saturated rings. The molecule has 12 rings (SSSR count). The third-order valence-electron chi connectivity index (χ3n) is 12.6. The van der Waals surface area contributed by atoms with E-state index in [0.29, 0.717) is 22.7 Å². The molecule has 6 nitrogen and oxygen atoms in total. The zero-order valence-corrected chi connectivity index (χ0v) is 34.5. The van der Waals surface area contributed by atoms with E-state index < -0.39 is 0 Å². The summed E-state index contributed by atoms with van der Waals surface area (Å²) in [5.41, 5.74) is 14.7. The first-order valence-electron chi connectivity index (χ1n) is 21.1. The Morgan fingerprint density at radius 2 is 1.08 bits per heavy atom. The molecule has 3 atom stereocenters. The Balaban J connectivity index is 1.10. The first-order chi connectivity index (χ1) is 30.7. The minimum atomic E-state index is -0.386. The van der Waals surface area contributed by atoms with Crippen LogP contribution in [0.3, 0.4) is 0 Å². The van der Waals surface area contributed by atoms with Gasteiger partial charge in [0, 0.05) is 74.2 Å². The molecule has 3 aliphatic carbocycles. The van der Waals surface area contributed by atoms with Gasteiger partial charge in [-0.25, -0.2) is 19.9 Å². The lowest BCUT2D eigenvalue weighted by molar-refractivity contribution is 0.453. The lowest BCUT2D eigenvalue weighted by atomic mass is 9.60. The maximum Gasteiger partial charge on any atom is 0.164 e. The Morgan fingerprint density at radius 3 is 1.76 bits per heavy atom. The summed E-state index contributed by atoms with van der Waals surface area (Å²) in [6.07, 6.45) is 23.8. The van der Waals surface area contributed by atoms with E-state index in [9.17, 15) is 0 Å². The van der Waals surface area contributed by atoms with E-state index in [1.807, 2.05) is 78.9 Å². The van der Waals surface area contributed by atoms with Crippen molar-refractivity contribution in [3.8, 4) is 78.9 Å². The minimum absolute atomic E-state index is 0.216. The molecule has 4 aliphatic rings. The summed E-state index contributed by atoms with van der Waals surface area (Å²) < 4.78 is 0. The van der Waals surface area contributed by atoms with Crippen molar-refractivity contribution in [2.45, 2.75) is 23.5 Å². The second-order valence-corrected chi connectivity index (χ2v) is 17.3. The van der Waals surface area contributed by atoms with E-state index in [0.717, 1.165) is 63.2 Å². The minimum Gasteiger partial charge on any atom is -0.264 e. The fourth-order valence-electron chi connectivity index (χ4n) is 9.89. The molecule has 0 saturated carbocycles. The van der Waals surface area contributed by atoms with Crippen molar-refractivity contribution in [2.24, 2.45) is 5.92 Å². The van der Waals surface area contributed by atoms with E-state index in [4.69, 9.17) is 19.9 Å². The number of benzene rings is 4. The van der Waals surface area contributed by atoms with Crippen molar-refractivity contribution in [1.29, 1.82) is 0 Å². The summed E-state index contributed by atoms with van der Waals surface area (Å²) in [4.78, 5) is 31.0. The Kier molecular flexibility index (Phi) is 8.82. The van der Waals surface area contributed by atoms with Crippen molar-refractivity contribution in [2.75, 3.05) is 0 Å². The Hall–Kier alpha value is -7.35. The number of pyridine rings is 3. The molecule has 8 aromatic rings. The molecule has 294 valence electrons. The molecule has 5 heterocycles. The van der Waals surface area contributed by atoms with Gasteiger partial charge < -0.3 is 0 Å². The predicted octanol–water partition coefficient (Wildman–Crippen LogP) is 12.8. The highest BCUT2D eigenvalue weighted by Gasteiger charge is 2.56. The molecule has 7 heteroatoms. The van der Waals surface area contributed by atoms with Crippen LogP contribution in [0.25, 0.3) is 78.9 Å². The average molecular weight is 815 g/mol. The van der Waals surface area contributed by atoms with E-state index in [1.165, 1.54) is 32.7 Å². The molecule has 0 amide bonds. The van der Waals surface area contributed by atoms with Gasteiger partial charge in [-0.1, -0.05) is 127 Å². The van der Waals surface area contributed by atoms with Crippen LogP contribution in [0.15, 0.2) is 205 Å². The van der Waals surface area contributed by atoms with Crippen molar-refractivity contribution in [3.05, 3.63) is 216 Å². The molecule has 1 aliphatic heterocycles. The third-order valence-corrected chi connectivity index (χ3v) is 14.0. The number of fused-ring (bicyclic) bond motifs is 9. The van der Waals surface area contributed by atoms with Gasteiger partial charge in [-0.2, -0.15) is 0 Å². The first kappa shape index (κ1) is 36.5. The maximum atomic E-state index is 5.30. The number of aromatic nitrogens is 6. The van der Waals surface area contributed by atoms with Gasteiger partial charge in [0.15, 0.2) is 17.5 Å². The van der Waals surface area contributed by atoms with Crippen LogP contribution in [0.1, 0.15) is 24.0 Å². The molecule has 1 spiro atoms. The number of hydrogen-bond donors (Lipinski definition) is 0. The van der Waals surface area contributed by atoms with E-state index >= 15 is 0 Å². The standard InChI is InChI=1S/C55H38N6S/c1-3-13-35(14-4-1)52-59-53(36-15-5-2-6-16-36)61-54(60-52)38-24-27-45-43(32-38)42-31-37(41-25-28-48(39-17-11-29-56-33-39)58-51(41)40-18-12-30-57-34-40)23-26-44(42)55(45)46-19-7-9-21-49(46)62-50-22-10-8-20-47(50)55/h1-7,9,11-34,46,49H,8,10H2. The molecule has 0 radical (unpaired) electrons. The SMILES string of the molecule is C1=CC2SC3=CCCC=C3C3(c4ccc(-c5nc(-c6ccccc6)nc(-c6ccccc6)n5)cc4-c4cc(-c5ccc(-c6cccnc6)nc5-c5cccnc5)ccc43)C2C=C1. The maximum absolute atomic E-state index is 5.30. The number of hydrogen-bond acceptors (Lipinski definition) is 7. The lowest BCUT2D eigenvalue weighted by Gasteiger charge is -2.49. The third kappa shape index (κ3) is 5.95. The molecule has 0 bridgehead atoms. The van der Waals surface area contributed by atoms with Crippen molar-refractivity contribution < 1.29 is 0 Å². The van der Waals surface area contributed by atoms with E-state index in [-0.39, 0.29) is 11.3 Å². The number of nitrogens with zero attached hydrogens (tertiary/aromatic N) is 6. The van der Waals surface area contributed by atoms with Gasteiger partial charge in [-0.15, -0.1) is 11.8 Å². The molecular weight excluding hydrogens is 777 g/mol. The van der Waals surface area contributed by atoms with Crippen LogP contribution in [-0.2, 0) is 5.41 Å². The number of allylic oxidation sites excluding steroid dienone is 6.